The molecule has 0 saturated heterocycles. The molecule has 0 aliphatic carbocycles. The second kappa shape index (κ2) is 5.02. The van der Waals surface area contributed by atoms with Crippen LogP contribution in [0.2, 0.25) is 0 Å². The fourth-order valence-corrected chi connectivity index (χ4v) is 0.830. The molecule has 0 heterocycles. The average molecular weight is 203 g/mol. The van der Waals surface area contributed by atoms with E-state index >= 15 is 0 Å². The van der Waals surface area contributed by atoms with Crippen LogP contribution >= 0.6 is 34.2 Å². The predicted octanol–water partition coefficient (Wildman–Crippen LogP) is 1.86. The molecule has 0 aliphatic rings. The van der Waals surface area contributed by atoms with Crippen LogP contribution in [0.4, 0.5) is 0 Å². The van der Waals surface area contributed by atoms with E-state index < -0.39 is 0 Å². The van der Waals surface area contributed by atoms with Crippen molar-refractivity contribution >= 4 is 34.2 Å². The second-order valence-electron chi connectivity index (χ2n) is 0.597. The van der Waals surface area contributed by atoms with Crippen molar-refractivity contribution in [1.82, 2.24) is 0 Å². The van der Waals surface area contributed by atoms with Crippen LogP contribution in [0.25, 0.3) is 0 Å². The molecule has 0 aromatic rings. The molecular weight excluding hydrogens is 198 g/mol. The van der Waals surface area contributed by atoms with Crippen molar-refractivity contribution < 1.29 is 0 Å². The lowest BCUT2D eigenvalue weighted by Gasteiger charge is -1.75. The van der Waals surface area contributed by atoms with Crippen molar-refractivity contribution in [2.75, 3.05) is 10.3 Å². The monoisotopic (exact) mass is 203 g/mol. The SMILES string of the molecule is ClC[CH]CI. The van der Waals surface area contributed by atoms with Gasteiger partial charge < -0.3 is 0 Å². The summed E-state index contributed by atoms with van der Waals surface area (Å²) in [5, 5.41) is 0. The van der Waals surface area contributed by atoms with Crippen LogP contribution in [0.5, 0.6) is 0 Å². The summed E-state index contributed by atoms with van der Waals surface area (Å²) in [4.78, 5) is 0. The lowest BCUT2D eigenvalue weighted by molar-refractivity contribution is 1.47. The van der Waals surface area contributed by atoms with Crippen LogP contribution in [-0.2, 0) is 0 Å². The van der Waals surface area contributed by atoms with Gasteiger partial charge in [-0.2, -0.15) is 0 Å². The average Bonchev–Trinajstić information content (AvgIpc) is 1.41. The van der Waals surface area contributed by atoms with Gasteiger partial charge in [0.15, 0.2) is 0 Å². The molecule has 0 nitrogen and oxygen atoms in total. The van der Waals surface area contributed by atoms with Crippen LogP contribution in [0.15, 0.2) is 0 Å². The first-order chi connectivity index (χ1) is 2.41. The molecular formula is C3H5ClI. The van der Waals surface area contributed by atoms with Gasteiger partial charge in [-0.05, 0) is 6.42 Å². The topological polar surface area (TPSA) is 0 Å². The number of rotatable bonds is 2. The zero-order chi connectivity index (χ0) is 4.12. The van der Waals surface area contributed by atoms with Crippen molar-refractivity contribution in [1.29, 1.82) is 0 Å². The van der Waals surface area contributed by atoms with Gasteiger partial charge >= 0.3 is 0 Å². The van der Waals surface area contributed by atoms with Crippen LogP contribution in [0.3, 0.4) is 0 Å². The largest absolute Gasteiger partial charge is 0.126 e. The van der Waals surface area contributed by atoms with Gasteiger partial charge in [0, 0.05) is 10.3 Å². The summed E-state index contributed by atoms with van der Waals surface area (Å²) in [6.45, 7) is 0. The lowest BCUT2D eigenvalue weighted by atomic mass is 10.6. The Balaban J connectivity index is 2.19. The maximum Gasteiger partial charge on any atom is 0.0262 e. The van der Waals surface area contributed by atoms with Crippen molar-refractivity contribution in [3.8, 4) is 0 Å². The minimum absolute atomic E-state index is 0.683. The molecule has 0 aromatic heterocycles. The van der Waals surface area contributed by atoms with Gasteiger partial charge in [-0.15, -0.1) is 11.6 Å². The third-order valence-electron chi connectivity index (χ3n) is 0.218. The molecule has 0 N–H and O–H groups in total. The summed E-state index contributed by atoms with van der Waals surface area (Å²) < 4.78 is 1.06. The van der Waals surface area contributed by atoms with E-state index in [1.54, 1.807) is 0 Å². The Morgan fingerprint density at radius 1 is 1.80 bits per heavy atom. The van der Waals surface area contributed by atoms with E-state index in [2.05, 4.69) is 22.6 Å². The van der Waals surface area contributed by atoms with Gasteiger partial charge in [0.2, 0.25) is 0 Å². The normalized spacial score (nSPS) is 8.40. The maximum atomic E-state index is 5.24. The highest BCUT2D eigenvalue weighted by Gasteiger charge is 1.72. The van der Waals surface area contributed by atoms with Gasteiger partial charge in [0.05, 0.1) is 0 Å². The summed E-state index contributed by atoms with van der Waals surface area (Å²) in [6.07, 6.45) is 2.00. The number of halogens is 2. The molecule has 0 saturated carbocycles. The Kier molecular flexibility index (Phi) is 6.04. The smallest absolute Gasteiger partial charge is 0.0262 e. The molecule has 0 spiro atoms. The Morgan fingerprint density at radius 2 is 2.40 bits per heavy atom. The molecule has 0 aliphatic heterocycles. The van der Waals surface area contributed by atoms with E-state index in [0.717, 1.165) is 4.43 Å². The minimum atomic E-state index is 0.683. The van der Waals surface area contributed by atoms with Gasteiger partial charge in [-0.1, -0.05) is 22.6 Å². The Hall–Kier alpha value is 1.02. The zero-order valence-electron chi connectivity index (χ0n) is 2.75. The summed E-state index contributed by atoms with van der Waals surface area (Å²) in [6, 6.07) is 0. The first kappa shape index (κ1) is 6.02. The highest BCUT2D eigenvalue weighted by Crippen LogP contribution is 1.87. The zero-order valence-corrected chi connectivity index (χ0v) is 5.66. The van der Waals surface area contributed by atoms with Gasteiger partial charge in [-0.25, -0.2) is 0 Å². The molecule has 0 amide bonds. The molecule has 0 bridgehead atoms. The fourth-order valence-electron chi connectivity index (χ4n) is 0.0412. The first-order valence-corrected chi connectivity index (χ1v) is 3.41. The standard InChI is InChI=1S/C3H5ClI/c4-2-1-3-5/h1H,2-3H2. The predicted molar refractivity (Wildman–Crippen MR) is 33.9 cm³/mol. The first-order valence-electron chi connectivity index (χ1n) is 1.35. The van der Waals surface area contributed by atoms with Crippen LogP contribution in [0, 0.1) is 6.42 Å². The third-order valence-corrected chi connectivity index (χ3v) is 1.06. The molecule has 0 unspecified atom stereocenters. The molecule has 31 valence electrons. The van der Waals surface area contributed by atoms with Gasteiger partial charge in [-0.3, -0.25) is 0 Å². The maximum absolute atomic E-state index is 5.24. The van der Waals surface area contributed by atoms with E-state index in [4.69, 9.17) is 11.6 Å². The Labute approximate surface area is 51.0 Å². The number of hydrogen-bond donors (Lipinski definition) is 0. The minimum Gasteiger partial charge on any atom is -0.126 e. The molecule has 0 fully saturated rings. The molecule has 0 rings (SSSR count). The summed E-state index contributed by atoms with van der Waals surface area (Å²) in [5.74, 6) is 0.683. The van der Waals surface area contributed by atoms with Gasteiger partial charge in [0.25, 0.3) is 0 Å². The molecule has 0 aromatic carbocycles. The molecule has 5 heavy (non-hydrogen) atoms. The fraction of sp³-hybridized carbons (Fsp3) is 0.667. The van der Waals surface area contributed by atoms with E-state index in [9.17, 15) is 0 Å². The van der Waals surface area contributed by atoms with Crippen molar-refractivity contribution in [3.05, 3.63) is 6.42 Å². The Bertz CT molecular complexity index is 14.4. The summed E-state index contributed by atoms with van der Waals surface area (Å²) >= 11 is 7.49. The number of alkyl halides is 2. The van der Waals surface area contributed by atoms with E-state index in [0.29, 0.717) is 5.88 Å². The van der Waals surface area contributed by atoms with E-state index in [1.165, 1.54) is 0 Å². The van der Waals surface area contributed by atoms with E-state index in [1.807, 2.05) is 6.42 Å². The highest BCUT2D eigenvalue weighted by atomic mass is 127. The van der Waals surface area contributed by atoms with Crippen molar-refractivity contribution in [2.24, 2.45) is 0 Å². The van der Waals surface area contributed by atoms with Crippen molar-refractivity contribution in [2.45, 2.75) is 0 Å². The van der Waals surface area contributed by atoms with Gasteiger partial charge in [0.1, 0.15) is 0 Å². The molecule has 2 heteroatoms. The van der Waals surface area contributed by atoms with Crippen LogP contribution in [-0.4, -0.2) is 10.3 Å². The van der Waals surface area contributed by atoms with Crippen LogP contribution in [0.1, 0.15) is 0 Å². The lowest BCUT2D eigenvalue weighted by Crippen LogP contribution is -1.72. The summed E-state index contributed by atoms with van der Waals surface area (Å²) in [7, 11) is 0. The van der Waals surface area contributed by atoms with Crippen LogP contribution < -0.4 is 0 Å². The molecule has 0 atom stereocenters. The molecule has 1 radical (unpaired) electrons. The second-order valence-corrected chi connectivity index (χ2v) is 1.79. The number of hydrogen-bond acceptors (Lipinski definition) is 0. The van der Waals surface area contributed by atoms with Crippen molar-refractivity contribution in [3.63, 3.8) is 0 Å². The Morgan fingerprint density at radius 3 is 2.40 bits per heavy atom. The van der Waals surface area contributed by atoms with E-state index in [-0.39, 0.29) is 0 Å². The highest BCUT2D eigenvalue weighted by molar-refractivity contribution is 14.1. The summed E-state index contributed by atoms with van der Waals surface area (Å²) in [5.41, 5.74) is 0. The third kappa shape index (κ3) is 5.02. The quantitative estimate of drug-likeness (QED) is 0.475.